The second-order valence-electron chi connectivity index (χ2n) is 4.31. The van der Waals surface area contributed by atoms with Gasteiger partial charge in [0.05, 0.1) is 10.7 Å². The molecule has 4 nitrogen and oxygen atoms in total. The number of aldehydes is 1. The summed E-state index contributed by atoms with van der Waals surface area (Å²) < 4.78 is 14.8. The lowest BCUT2D eigenvalue weighted by molar-refractivity contribution is 0.111. The van der Waals surface area contributed by atoms with Gasteiger partial charge in [0.1, 0.15) is 11.5 Å². The summed E-state index contributed by atoms with van der Waals surface area (Å²) in [5.74, 6) is -0.402. The lowest BCUT2D eigenvalue weighted by Crippen LogP contribution is -2.01. The smallest absolute Gasteiger partial charge is 0.172 e. The predicted molar refractivity (Wildman–Crippen MR) is 77.2 cm³/mol. The van der Waals surface area contributed by atoms with Crippen molar-refractivity contribution in [2.45, 2.75) is 0 Å². The molecule has 3 aromatic rings. The highest BCUT2D eigenvalue weighted by Crippen LogP contribution is 2.30. The minimum Gasteiger partial charge on any atom is -0.296 e. The van der Waals surface area contributed by atoms with Gasteiger partial charge < -0.3 is 0 Å². The lowest BCUT2D eigenvalue weighted by Gasteiger charge is -2.08. The van der Waals surface area contributed by atoms with Gasteiger partial charge in [-0.2, -0.15) is 0 Å². The van der Waals surface area contributed by atoms with Crippen LogP contribution < -0.4 is 0 Å². The number of nitrogens with zero attached hydrogens (tertiary/aromatic N) is 3. The highest BCUT2D eigenvalue weighted by molar-refractivity contribution is 6.33. The molecule has 0 saturated heterocycles. The number of rotatable bonds is 3. The summed E-state index contributed by atoms with van der Waals surface area (Å²) in [6.45, 7) is 0. The highest BCUT2D eigenvalue weighted by Gasteiger charge is 2.18. The van der Waals surface area contributed by atoms with E-state index in [0.717, 1.165) is 0 Å². The van der Waals surface area contributed by atoms with E-state index < -0.39 is 5.82 Å². The van der Waals surface area contributed by atoms with E-state index in [-0.39, 0.29) is 5.69 Å². The van der Waals surface area contributed by atoms with Gasteiger partial charge in [0, 0.05) is 5.56 Å². The van der Waals surface area contributed by atoms with Crippen LogP contribution >= 0.6 is 11.6 Å². The highest BCUT2D eigenvalue weighted by atomic mass is 35.5. The van der Waals surface area contributed by atoms with Crippen molar-refractivity contribution < 1.29 is 9.18 Å². The lowest BCUT2D eigenvalue weighted by atomic mass is 10.1. The van der Waals surface area contributed by atoms with Crippen LogP contribution in [0.2, 0.25) is 5.02 Å². The van der Waals surface area contributed by atoms with Crippen molar-refractivity contribution in [3.63, 3.8) is 0 Å². The first-order valence-electron chi connectivity index (χ1n) is 6.12. The molecule has 0 saturated carbocycles. The van der Waals surface area contributed by atoms with E-state index in [2.05, 4.69) is 10.3 Å². The van der Waals surface area contributed by atoms with Crippen LogP contribution in [-0.2, 0) is 0 Å². The largest absolute Gasteiger partial charge is 0.296 e. The Morgan fingerprint density at radius 3 is 2.67 bits per heavy atom. The SMILES string of the molecule is O=Cc1nnn(-c2cccc(F)c2)c1-c1ccccc1Cl. The number of halogens is 2. The molecule has 0 radical (unpaired) electrons. The number of carbonyl (C=O) groups is 1. The first-order valence-corrected chi connectivity index (χ1v) is 6.50. The second kappa shape index (κ2) is 5.46. The molecule has 0 amide bonds. The normalized spacial score (nSPS) is 10.6. The van der Waals surface area contributed by atoms with Crippen molar-refractivity contribution in [3.8, 4) is 16.9 Å². The fraction of sp³-hybridized carbons (Fsp3) is 0. The fourth-order valence-corrected chi connectivity index (χ4v) is 2.29. The van der Waals surface area contributed by atoms with Crippen molar-refractivity contribution in [2.24, 2.45) is 0 Å². The standard InChI is InChI=1S/C15H9ClFN3O/c16-13-7-2-1-6-12(13)15-14(9-21)18-19-20(15)11-5-3-4-10(17)8-11/h1-9H. The van der Waals surface area contributed by atoms with Crippen molar-refractivity contribution >= 4 is 17.9 Å². The minimum atomic E-state index is -0.402. The average molecular weight is 302 g/mol. The zero-order valence-electron chi connectivity index (χ0n) is 10.7. The van der Waals surface area contributed by atoms with E-state index in [1.807, 2.05) is 0 Å². The van der Waals surface area contributed by atoms with Gasteiger partial charge in [-0.3, -0.25) is 4.79 Å². The monoisotopic (exact) mass is 301 g/mol. The molecule has 0 N–H and O–H groups in total. The zero-order valence-corrected chi connectivity index (χ0v) is 11.5. The molecule has 0 aliphatic rings. The second-order valence-corrected chi connectivity index (χ2v) is 4.72. The van der Waals surface area contributed by atoms with Crippen LogP contribution in [0.3, 0.4) is 0 Å². The van der Waals surface area contributed by atoms with Gasteiger partial charge in [-0.05, 0) is 24.3 Å². The Labute approximate surface area is 124 Å². The maximum Gasteiger partial charge on any atom is 0.172 e. The van der Waals surface area contributed by atoms with Crippen molar-refractivity contribution in [3.05, 3.63) is 65.1 Å². The topological polar surface area (TPSA) is 47.8 Å². The minimum absolute atomic E-state index is 0.146. The Kier molecular flexibility index (Phi) is 3.50. The first kappa shape index (κ1) is 13.5. The molecular formula is C15H9ClFN3O. The molecule has 2 aromatic carbocycles. The molecule has 0 unspecified atom stereocenters. The van der Waals surface area contributed by atoms with Crippen LogP contribution in [0.5, 0.6) is 0 Å². The summed E-state index contributed by atoms with van der Waals surface area (Å²) in [5.41, 5.74) is 1.65. The van der Waals surface area contributed by atoms with Crippen molar-refractivity contribution in [1.82, 2.24) is 15.0 Å². The molecule has 6 heteroatoms. The molecule has 0 atom stereocenters. The third-order valence-corrected chi connectivity index (χ3v) is 3.32. The van der Waals surface area contributed by atoms with Gasteiger partial charge in [-0.15, -0.1) is 5.10 Å². The molecule has 0 bridgehead atoms. The summed E-state index contributed by atoms with van der Waals surface area (Å²) in [6.07, 6.45) is 0.599. The van der Waals surface area contributed by atoms with Gasteiger partial charge >= 0.3 is 0 Å². The number of aromatic nitrogens is 3. The maximum absolute atomic E-state index is 13.4. The number of hydrogen-bond acceptors (Lipinski definition) is 3. The summed E-state index contributed by atoms with van der Waals surface area (Å²) in [6, 6.07) is 12.9. The van der Waals surface area contributed by atoms with Gasteiger partial charge in [-0.1, -0.05) is 41.1 Å². The van der Waals surface area contributed by atoms with E-state index >= 15 is 0 Å². The molecule has 0 spiro atoms. The molecule has 21 heavy (non-hydrogen) atoms. The number of benzene rings is 2. The van der Waals surface area contributed by atoms with E-state index in [1.165, 1.54) is 16.8 Å². The van der Waals surface area contributed by atoms with Crippen molar-refractivity contribution in [1.29, 1.82) is 0 Å². The Bertz CT molecular complexity index is 816. The van der Waals surface area contributed by atoms with Crippen LogP contribution in [0, 0.1) is 5.82 Å². The van der Waals surface area contributed by atoms with Gasteiger partial charge in [0.25, 0.3) is 0 Å². The maximum atomic E-state index is 13.4. The third kappa shape index (κ3) is 2.43. The van der Waals surface area contributed by atoms with Crippen LogP contribution in [0.4, 0.5) is 4.39 Å². The Balaban J connectivity index is 2.27. The van der Waals surface area contributed by atoms with Gasteiger partial charge in [0.15, 0.2) is 12.0 Å². The quantitative estimate of drug-likeness (QED) is 0.695. The molecular weight excluding hydrogens is 293 g/mol. The molecule has 0 aliphatic carbocycles. The Morgan fingerprint density at radius 1 is 1.14 bits per heavy atom. The Hall–Kier alpha value is -2.53. The number of carbonyl (C=O) groups excluding carboxylic acids is 1. The molecule has 1 aromatic heterocycles. The van der Waals surface area contributed by atoms with Crippen molar-refractivity contribution in [2.75, 3.05) is 0 Å². The van der Waals surface area contributed by atoms with E-state index in [1.54, 1.807) is 36.4 Å². The summed E-state index contributed by atoms with van der Waals surface area (Å²) in [4.78, 5) is 11.2. The van der Waals surface area contributed by atoms with Gasteiger partial charge in [-0.25, -0.2) is 9.07 Å². The third-order valence-electron chi connectivity index (χ3n) is 2.99. The fourth-order valence-electron chi connectivity index (χ4n) is 2.07. The zero-order chi connectivity index (χ0) is 14.8. The summed E-state index contributed by atoms with van der Waals surface area (Å²) in [5, 5.41) is 8.21. The first-order chi connectivity index (χ1) is 10.2. The van der Waals surface area contributed by atoms with E-state index in [0.29, 0.717) is 28.3 Å². The number of hydrogen-bond donors (Lipinski definition) is 0. The molecule has 1 heterocycles. The van der Waals surface area contributed by atoms with Gasteiger partial charge in [0.2, 0.25) is 0 Å². The average Bonchev–Trinajstić information content (AvgIpc) is 2.91. The van der Waals surface area contributed by atoms with E-state index in [4.69, 9.17) is 11.6 Å². The molecule has 0 fully saturated rings. The predicted octanol–water partition coefficient (Wildman–Crippen LogP) is 3.54. The molecule has 3 rings (SSSR count). The van der Waals surface area contributed by atoms with Crippen LogP contribution in [0.15, 0.2) is 48.5 Å². The Morgan fingerprint density at radius 2 is 1.95 bits per heavy atom. The van der Waals surface area contributed by atoms with E-state index in [9.17, 15) is 9.18 Å². The molecule has 0 aliphatic heterocycles. The summed E-state index contributed by atoms with van der Waals surface area (Å²) >= 11 is 6.18. The summed E-state index contributed by atoms with van der Waals surface area (Å²) in [7, 11) is 0. The molecule has 104 valence electrons. The van der Waals surface area contributed by atoms with Crippen LogP contribution in [0.25, 0.3) is 16.9 Å². The van der Waals surface area contributed by atoms with Crippen LogP contribution in [-0.4, -0.2) is 21.3 Å². The van der Waals surface area contributed by atoms with Crippen LogP contribution in [0.1, 0.15) is 10.5 Å².